The van der Waals surface area contributed by atoms with Crippen molar-refractivity contribution in [2.75, 3.05) is 30.4 Å². The Morgan fingerprint density at radius 1 is 1.02 bits per heavy atom. The van der Waals surface area contributed by atoms with Crippen LogP contribution < -0.4 is 15.5 Å². The minimum absolute atomic E-state index is 0.156. The largest absolute Gasteiger partial charge is 0.355 e. The maximum Gasteiger partial charge on any atom is 0.251 e. The number of anilines is 3. The third kappa shape index (κ3) is 5.03. The number of carbonyl (C=O) groups excluding carboxylic acids is 2. The molecule has 10 heteroatoms. The van der Waals surface area contributed by atoms with Gasteiger partial charge in [0.2, 0.25) is 5.91 Å². The van der Waals surface area contributed by atoms with Crippen LogP contribution in [0.5, 0.6) is 0 Å². The number of amides is 2. The number of piperidine rings is 1. The number of likely N-dealkylation sites (tertiary alicyclic amines) is 1. The lowest BCUT2D eigenvalue weighted by molar-refractivity contribution is -0.123. The molecule has 1 aliphatic carbocycles. The quantitative estimate of drug-likeness (QED) is 0.256. The van der Waals surface area contributed by atoms with Crippen molar-refractivity contribution in [1.82, 2.24) is 29.7 Å². The minimum atomic E-state index is -0.580. The Bertz CT molecular complexity index is 1830. The zero-order chi connectivity index (χ0) is 32.3. The summed E-state index contributed by atoms with van der Waals surface area (Å²) in [7, 11) is 1.62. The lowest BCUT2D eigenvalue weighted by Crippen LogP contribution is -2.57. The Morgan fingerprint density at radius 2 is 1.78 bits per heavy atom. The number of hydrogen-bond acceptors (Lipinski definition) is 7. The van der Waals surface area contributed by atoms with Crippen molar-refractivity contribution in [2.45, 2.75) is 90.3 Å². The molecule has 2 fully saturated rings. The number of nitrogens with one attached hydrogen (secondary N) is 2. The first-order valence-electron chi connectivity index (χ1n) is 16.6. The molecule has 2 N–H and O–H groups in total. The average Bonchev–Trinajstić information content (AvgIpc) is 3.55. The second-order valence-electron chi connectivity index (χ2n) is 14.0. The molecule has 1 aromatic carbocycles. The van der Waals surface area contributed by atoms with Gasteiger partial charge in [-0.25, -0.2) is 15.0 Å². The molecule has 3 aliphatic rings. The zero-order valence-electron chi connectivity index (χ0n) is 27.7. The van der Waals surface area contributed by atoms with Crippen molar-refractivity contribution in [3.05, 3.63) is 59.5 Å². The summed E-state index contributed by atoms with van der Waals surface area (Å²) in [6, 6.07) is 11.0. The van der Waals surface area contributed by atoms with Crippen LogP contribution >= 0.6 is 0 Å². The number of aromatic nitrogens is 4. The molecule has 2 amide bonds. The van der Waals surface area contributed by atoms with Crippen LogP contribution in [-0.4, -0.2) is 68.5 Å². The first kappa shape index (κ1) is 30.3. The molecular weight excluding hydrogens is 576 g/mol. The molecule has 0 atom stereocenters. The monoisotopic (exact) mass is 620 g/mol. The zero-order valence-corrected chi connectivity index (χ0v) is 27.7. The molecule has 3 aromatic heterocycles. The van der Waals surface area contributed by atoms with Gasteiger partial charge in [0.15, 0.2) is 5.82 Å². The second kappa shape index (κ2) is 11.5. The van der Waals surface area contributed by atoms with E-state index in [2.05, 4.69) is 62.0 Å². The highest BCUT2D eigenvalue weighted by Crippen LogP contribution is 2.48. The summed E-state index contributed by atoms with van der Waals surface area (Å²) in [6.45, 7) is 12.5. The van der Waals surface area contributed by atoms with Gasteiger partial charge in [0, 0.05) is 48.2 Å². The standard InChI is InChI=1S/C36H44N8O2/c1-21(2)43-20-39-29-18-28(40-33(32(29)43)41-31-17-26(34(45)37-6)22(3)19-38-31)23-10-11-27-30(14-23)44(35(46)36(27,4)5)25-15-24(16-25)42-12-8-7-9-13-42/h10-11,14,17-21,24-25H,7-9,12-13,15-16H2,1-6H3,(H,37,45)(H,38,40,41)/t24-,25+. The molecule has 5 heterocycles. The van der Waals surface area contributed by atoms with Crippen LogP contribution in [0, 0.1) is 6.92 Å². The summed E-state index contributed by atoms with van der Waals surface area (Å²) in [5.41, 5.74) is 6.16. The van der Waals surface area contributed by atoms with Crippen LogP contribution in [0.2, 0.25) is 0 Å². The fraction of sp³-hybridized carbons (Fsp3) is 0.472. The van der Waals surface area contributed by atoms with Gasteiger partial charge in [0.1, 0.15) is 11.3 Å². The van der Waals surface area contributed by atoms with Gasteiger partial charge in [-0.1, -0.05) is 18.6 Å². The van der Waals surface area contributed by atoms with Crippen LogP contribution in [0.4, 0.5) is 17.3 Å². The number of rotatable bonds is 7. The Kier molecular flexibility index (Phi) is 7.58. The summed E-state index contributed by atoms with van der Waals surface area (Å²) in [5, 5.41) is 6.11. The molecule has 46 heavy (non-hydrogen) atoms. The van der Waals surface area contributed by atoms with Gasteiger partial charge in [-0.3, -0.25) is 9.59 Å². The van der Waals surface area contributed by atoms with Crippen LogP contribution in [0.3, 0.4) is 0 Å². The van der Waals surface area contributed by atoms with Gasteiger partial charge in [0.05, 0.1) is 23.0 Å². The summed E-state index contributed by atoms with van der Waals surface area (Å²) < 4.78 is 2.09. The van der Waals surface area contributed by atoms with Crippen LogP contribution in [0.15, 0.2) is 42.9 Å². The van der Waals surface area contributed by atoms with E-state index < -0.39 is 5.41 Å². The van der Waals surface area contributed by atoms with E-state index in [0.717, 1.165) is 51.9 Å². The SMILES string of the molecule is CNC(=O)c1cc(Nc2nc(-c3ccc4c(c3)N([C@H]3C[C@@H](N5CCCCC5)C3)C(=O)C4(C)C)cc3ncn(C(C)C)c23)ncc1C. The highest BCUT2D eigenvalue weighted by Gasteiger charge is 2.50. The first-order valence-corrected chi connectivity index (χ1v) is 16.6. The number of imidazole rings is 1. The fourth-order valence-corrected chi connectivity index (χ4v) is 7.44. The number of fused-ring (bicyclic) bond motifs is 2. The lowest BCUT2D eigenvalue weighted by Gasteiger charge is -2.48. The normalized spacial score (nSPS) is 21.0. The molecule has 0 unspecified atom stereocenters. The number of hydrogen-bond donors (Lipinski definition) is 2. The Hall–Kier alpha value is -4.31. The first-order chi connectivity index (χ1) is 22.1. The third-order valence-corrected chi connectivity index (χ3v) is 10.3. The van der Waals surface area contributed by atoms with Crippen LogP contribution in [0.1, 0.15) is 87.3 Å². The van der Waals surface area contributed by atoms with Crippen molar-refractivity contribution in [3.8, 4) is 11.3 Å². The number of aryl methyl sites for hydroxylation is 1. The molecule has 10 nitrogen and oxygen atoms in total. The summed E-state index contributed by atoms with van der Waals surface area (Å²) in [5.74, 6) is 1.14. The smallest absolute Gasteiger partial charge is 0.251 e. The minimum Gasteiger partial charge on any atom is -0.355 e. The molecule has 1 saturated heterocycles. The second-order valence-corrected chi connectivity index (χ2v) is 14.0. The van der Waals surface area contributed by atoms with E-state index in [1.807, 2.05) is 33.2 Å². The molecule has 2 aliphatic heterocycles. The van der Waals surface area contributed by atoms with Gasteiger partial charge >= 0.3 is 0 Å². The molecule has 0 radical (unpaired) electrons. The van der Waals surface area contributed by atoms with Crippen LogP contribution in [0.25, 0.3) is 22.3 Å². The summed E-state index contributed by atoms with van der Waals surface area (Å²) in [4.78, 5) is 45.6. The van der Waals surface area contributed by atoms with Crippen LogP contribution in [-0.2, 0) is 10.2 Å². The molecule has 7 rings (SSSR count). The molecule has 1 saturated carbocycles. The number of nitrogens with zero attached hydrogens (tertiary/aromatic N) is 6. The Morgan fingerprint density at radius 3 is 2.50 bits per heavy atom. The maximum absolute atomic E-state index is 13.9. The van der Waals surface area contributed by atoms with Crippen molar-refractivity contribution in [1.29, 1.82) is 0 Å². The van der Waals surface area contributed by atoms with Crippen molar-refractivity contribution in [3.63, 3.8) is 0 Å². The Labute approximate surface area is 270 Å². The van der Waals surface area contributed by atoms with E-state index in [1.165, 1.54) is 32.4 Å². The topological polar surface area (TPSA) is 108 Å². The van der Waals surface area contributed by atoms with E-state index >= 15 is 0 Å². The molecule has 240 valence electrons. The number of pyridine rings is 2. The van der Waals surface area contributed by atoms with E-state index in [9.17, 15) is 9.59 Å². The highest BCUT2D eigenvalue weighted by atomic mass is 16.2. The van der Waals surface area contributed by atoms with Crippen molar-refractivity contribution in [2.24, 2.45) is 0 Å². The summed E-state index contributed by atoms with van der Waals surface area (Å²) >= 11 is 0. The van der Waals surface area contributed by atoms with E-state index in [0.29, 0.717) is 23.2 Å². The maximum atomic E-state index is 13.9. The Balaban J connectivity index is 1.26. The highest BCUT2D eigenvalue weighted by molar-refractivity contribution is 6.09. The third-order valence-electron chi connectivity index (χ3n) is 10.3. The van der Waals surface area contributed by atoms with E-state index in [1.54, 1.807) is 19.3 Å². The van der Waals surface area contributed by atoms with E-state index in [-0.39, 0.29) is 23.9 Å². The molecular formula is C36H44N8O2. The van der Waals surface area contributed by atoms with E-state index in [4.69, 9.17) is 9.97 Å². The van der Waals surface area contributed by atoms with Gasteiger partial charge < -0.3 is 25.0 Å². The molecule has 0 bridgehead atoms. The van der Waals surface area contributed by atoms with Gasteiger partial charge in [-0.15, -0.1) is 0 Å². The average molecular weight is 621 g/mol. The van der Waals surface area contributed by atoms with Gasteiger partial charge in [-0.2, -0.15) is 0 Å². The van der Waals surface area contributed by atoms with Gasteiger partial charge in [-0.05, 0) is 103 Å². The van der Waals surface area contributed by atoms with Crippen molar-refractivity contribution < 1.29 is 9.59 Å². The number of benzene rings is 1. The lowest BCUT2D eigenvalue weighted by atomic mass is 9.82. The van der Waals surface area contributed by atoms with Gasteiger partial charge in [0.25, 0.3) is 5.91 Å². The molecule has 0 spiro atoms. The predicted octanol–water partition coefficient (Wildman–Crippen LogP) is 6.13. The summed E-state index contributed by atoms with van der Waals surface area (Å²) in [6.07, 6.45) is 9.47. The number of carbonyl (C=O) groups is 2. The predicted molar refractivity (Wildman–Crippen MR) is 182 cm³/mol. The fourth-order valence-electron chi connectivity index (χ4n) is 7.44. The molecule has 4 aromatic rings. The van der Waals surface area contributed by atoms with Crippen molar-refractivity contribution >= 4 is 40.2 Å².